The van der Waals surface area contributed by atoms with Crippen molar-refractivity contribution in [2.75, 3.05) is 4.72 Å². The van der Waals surface area contributed by atoms with Crippen LogP contribution in [0.1, 0.15) is 18.1 Å². The first kappa shape index (κ1) is 22.5. The van der Waals surface area contributed by atoms with Crippen molar-refractivity contribution >= 4 is 61.6 Å². The van der Waals surface area contributed by atoms with Gasteiger partial charge in [-0.25, -0.2) is 18.2 Å². The van der Waals surface area contributed by atoms with Crippen molar-refractivity contribution in [1.82, 2.24) is 15.2 Å². The third-order valence-corrected chi connectivity index (χ3v) is 8.06. The number of halogens is 2. The van der Waals surface area contributed by atoms with E-state index in [1.54, 1.807) is 30.5 Å². The summed E-state index contributed by atoms with van der Waals surface area (Å²) >= 11 is 13.2. The number of thiazole rings is 1. The minimum absolute atomic E-state index is 0.000754. The second-order valence-electron chi connectivity index (χ2n) is 7.13. The monoisotopic (exact) mass is 510 g/mol. The molecule has 166 valence electrons. The van der Waals surface area contributed by atoms with Gasteiger partial charge in [0.1, 0.15) is 5.54 Å². The molecule has 2 heterocycles. The number of amides is 3. The van der Waals surface area contributed by atoms with E-state index in [-0.39, 0.29) is 16.6 Å². The van der Waals surface area contributed by atoms with Crippen LogP contribution in [0.5, 0.6) is 0 Å². The van der Waals surface area contributed by atoms with Gasteiger partial charge in [0.2, 0.25) is 0 Å². The molecule has 1 aliphatic rings. The number of imide groups is 1. The maximum absolute atomic E-state index is 12.8. The standard InChI is InChI=1S/C20H16Cl2N4O4S2/c1-20(13-3-5-14(6-4-13)32(29,30)25-18-23-8-9-31-18)17(27)24-19(28)26(20)11-12-2-7-15(21)16(22)10-12/h2-10H,11H2,1H3,(H,23,25)(H,24,27,28). The van der Waals surface area contributed by atoms with Crippen LogP contribution in [0, 0.1) is 0 Å². The van der Waals surface area contributed by atoms with Gasteiger partial charge in [-0.05, 0) is 42.3 Å². The second-order valence-corrected chi connectivity index (χ2v) is 10.5. The summed E-state index contributed by atoms with van der Waals surface area (Å²) in [7, 11) is -3.85. The molecule has 1 fully saturated rings. The van der Waals surface area contributed by atoms with Gasteiger partial charge >= 0.3 is 6.03 Å². The molecule has 1 unspecified atom stereocenters. The van der Waals surface area contributed by atoms with Crippen molar-refractivity contribution < 1.29 is 18.0 Å². The Balaban J connectivity index is 1.64. The number of hydrogen-bond acceptors (Lipinski definition) is 6. The number of aromatic nitrogens is 1. The van der Waals surface area contributed by atoms with Crippen LogP contribution in [-0.4, -0.2) is 30.2 Å². The molecular formula is C20H16Cl2N4O4S2. The summed E-state index contributed by atoms with van der Waals surface area (Å²) in [4.78, 5) is 30.6. The van der Waals surface area contributed by atoms with Crippen LogP contribution in [0.25, 0.3) is 0 Å². The number of hydrogen-bond donors (Lipinski definition) is 2. The van der Waals surface area contributed by atoms with Gasteiger partial charge < -0.3 is 4.90 Å². The maximum atomic E-state index is 12.8. The lowest BCUT2D eigenvalue weighted by atomic mass is 9.90. The number of nitrogens with one attached hydrogen (secondary N) is 2. The summed E-state index contributed by atoms with van der Waals surface area (Å²) in [5.74, 6) is -0.515. The molecule has 1 aliphatic heterocycles. The van der Waals surface area contributed by atoms with E-state index in [1.165, 1.54) is 35.4 Å². The van der Waals surface area contributed by atoms with E-state index in [4.69, 9.17) is 23.2 Å². The van der Waals surface area contributed by atoms with Gasteiger partial charge in [-0.3, -0.25) is 14.8 Å². The number of carbonyl (C=O) groups excluding carboxylic acids is 2. The largest absolute Gasteiger partial charge is 0.325 e. The van der Waals surface area contributed by atoms with Gasteiger partial charge in [0.25, 0.3) is 15.9 Å². The van der Waals surface area contributed by atoms with E-state index in [0.29, 0.717) is 21.2 Å². The highest BCUT2D eigenvalue weighted by Crippen LogP contribution is 2.35. The summed E-state index contributed by atoms with van der Waals surface area (Å²) in [6.07, 6.45) is 1.49. The molecule has 1 saturated heterocycles. The zero-order valence-electron chi connectivity index (χ0n) is 16.5. The van der Waals surface area contributed by atoms with E-state index >= 15 is 0 Å². The molecule has 0 radical (unpaired) electrons. The van der Waals surface area contributed by atoms with E-state index < -0.39 is 27.5 Å². The first-order valence-electron chi connectivity index (χ1n) is 9.21. The van der Waals surface area contributed by atoms with Gasteiger partial charge in [-0.2, -0.15) is 0 Å². The van der Waals surface area contributed by atoms with E-state index in [9.17, 15) is 18.0 Å². The number of nitrogens with zero attached hydrogens (tertiary/aromatic N) is 2. The average molecular weight is 511 g/mol. The Morgan fingerprint density at radius 1 is 1.12 bits per heavy atom. The second kappa shape index (κ2) is 8.36. The van der Waals surface area contributed by atoms with Crippen molar-refractivity contribution in [3.8, 4) is 0 Å². The molecule has 8 nitrogen and oxygen atoms in total. The highest BCUT2D eigenvalue weighted by Gasteiger charge is 2.50. The number of rotatable bonds is 6. The molecule has 3 amide bonds. The van der Waals surface area contributed by atoms with Crippen molar-refractivity contribution in [2.24, 2.45) is 0 Å². The van der Waals surface area contributed by atoms with Gasteiger partial charge in [0.15, 0.2) is 5.13 Å². The number of sulfonamides is 1. The Morgan fingerprint density at radius 2 is 1.84 bits per heavy atom. The molecule has 2 N–H and O–H groups in total. The molecule has 3 aromatic rings. The Morgan fingerprint density at radius 3 is 2.47 bits per heavy atom. The van der Waals surface area contributed by atoms with E-state index in [1.807, 2.05) is 0 Å². The minimum atomic E-state index is -3.85. The van der Waals surface area contributed by atoms with Crippen molar-refractivity contribution in [2.45, 2.75) is 23.9 Å². The lowest BCUT2D eigenvalue weighted by molar-refractivity contribution is -0.126. The Bertz CT molecular complexity index is 1300. The Hall–Kier alpha value is -2.66. The van der Waals surface area contributed by atoms with Crippen LogP contribution in [0.15, 0.2) is 58.9 Å². The van der Waals surface area contributed by atoms with Gasteiger partial charge in [-0.1, -0.05) is 41.4 Å². The fraction of sp³-hybridized carbons (Fsp3) is 0.150. The van der Waals surface area contributed by atoms with Crippen molar-refractivity contribution in [1.29, 1.82) is 0 Å². The highest BCUT2D eigenvalue weighted by molar-refractivity contribution is 7.93. The lowest BCUT2D eigenvalue weighted by Gasteiger charge is -2.32. The SMILES string of the molecule is CC1(c2ccc(S(=O)(=O)Nc3nccs3)cc2)C(=O)NC(=O)N1Cc1ccc(Cl)c(Cl)c1. The zero-order chi connectivity index (χ0) is 23.1. The molecule has 1 aromatic heterocycles. The van der Waals surface area contributed by atoms with Crippen molar-refractivity contribution in [3.63, 3.8) is 0 Å². The summed E-state index contributed by atoms with van der Waals surface area (Å²) in [5, 5.41) is 4.94. The Kier molecular flexibility index (Phi) is 5.89. The number of anilines is 1. The summed E-state index contributed by atoms with van der Waals surface area (Å²) < 4.78 is 27.6. The normalized spacial score (nSPS) is 18.7. The van der Waals surface area contributed by atoms with Crippen LogP contribution in [0.2, 0.25) is 10.0 Å². The molecule has 0 saturated carbocycles. The third kappa shape index (κ3) is 4.06. The van der Waals surface area contributed by atoms with Crippen LogP contribution < -0.4 is 10.0 Å². The van der Waals surface area contributed by atoms with E-state index in [0.717, 1.165) is 11.3 Å². The van der Waals surface area contributed by atoms with Gasteiger partial charge in [-0.15, -0.1) is 11.3 Å². The fourth-order valence-electron chi connectivity index (χ4n) is 3.36. The zero-order valence-corrected chi connectivity index (χ0v) is 19.6. The predicted octanol–water partition coefficient (Wildman–Crippen LogP) is 4.22. The quantitative estimate of drug-likeness (QED) is 0.482. The average Bonchev–Trinajstić information content (AvgIpc) is 3.33. The molecule has 4 rings (SSSR count). The number of benzene rings is 2. The molecule has 12 heteroatoms. The van der Waals surface area contributed by atoms with E-state index in [2.05, 4.69) is 15.0 Å². The molecular weight excluding hydrogens is 495 g/mol. The summed E-state index contributed by atoms with van der Waals surface area (Å²) in [6, 6.07) is 10.2. The molecule has 0 spiro atoms. The summed E-state index contributed by atoms with van der Waals surface area (Å²) in [6.45, 7) is 1.69. The van der Waals surface area contributed by atoms with Crippen molar-refractivity contribution in [3.05, 3.63) is 75.2 Å². The lowest BCUT2D eigenvalue weighted by Crippen LogP contribution is -2.43. The number of urea groups is 1. The minimum Gasteiger partial charge on any atom is -0.302 e. The Labute approximate surface area is 198 Å². The van der Waals surface area contributed by atoms with Crippen LogP contribution in [0.3, 0.4) is 0 Å². The van der Waals surface area contributed by atoms with Gasteiger partial charge in [0, 0.05) is 18.1 Å². The summed E-state index contributed by atoms with van der Waals surface area (Å²) in [5.41, 5.74) is -0.217. The first-order valence-corrected chi connectivity index (χ1v) is 12.3. The molecule has 2 aromatic carbocycles. The van der Waals surface area contributed by atoms with Crippen LogP contribution in [0.4, 0.5) is 9.93 Å². The first-order chi connectivity index (χ1) is 15.1. The smallest absolute Gasteiger partial charge is 0.302 e. The third-order valence-electron chi connectivity index (χ3n) is 5.15. The fourth-order valence-corrected chi connectivity index (χ4v) is 5.47. The topological polar surface area (TPSA) is 108 Å². The van der Waals surface area contributed by atoms with Crippen LogP contribution in [-0.2, 0) is 26.9 Å². The number of carbonyl (C=O) groups is 2. The highest BCUT2D eigenvalue weighted by atomic mass is 35.5. The molecule has 32 heavy (non-hydrogen) atoms. The van der Waals surface area contributed by atoms with Crippen LogP contribution >= 0.6 is 34.5 Å². The maximum Gasteiger partial charge on any atom is 0.325 e. The molecule has 0 bridgehead atoms. The predicted molar refractivity (Wildman–Crippen MR) is 122 cm³/mol. The van der Waals surface area contributed by atoms with Gasteiger partial charge in [0.05, 0.1) is 14.9 Å². The molecule has 1 atom stereocenters. The molecule has 0 aliphatic carbocycles.